The summed E-state index contributed by atoms with van der Waals surface area (Å²) >= 11 is 3.49. The average Bonchev–Trinajstić information content (AvgIpc) is 2.37. The Labute approximate surface area is 122 Å². The summed E-state index contributed by atoms with van der Waals surface area (Å²) in [5.74, 6) is 0.0193. The second kappa shape index (κ2) is 6.50. The first-order valence-electron chi connectivity index (χ1n) is 6.43. The van der Waals surface area contributed by atoms with Crippen molar-refractivity contribution in [2.45, 2.75) is 13.8 Å². The number of nitrogens with one attached hydrogen (secondary N) is 1. The minimum atomic E-state index is 0.0193. The number of nitrogens with zero attached hydrogens (tertiary/aromatic N) is 1. The summed E-state index contributed by atoms with van der Waals surface area (Å²) in [5.41, 5.74) is 3.21. The number of hydrogen-bond acceptors (Lipinski definition) is 3. The number of amides is 1. The number of halogens is 1. The maximum Gasteiger partial charge on any atom is 0.238 e. The average molecular weight is 327 g/mol. The lowest BCUT2D eigenvalue weighted by molar-refractivity contribution is -0.118. The molecular weight excluding hydrogens is 308 g/mol. The Morgan fingerprint density at radius 3 is 2.63 bits per heavy atom. The number of benzene rings is 1. The van der Waals surface area contributed by atoms with E-state index in [1.54, 1.807) is 0 Å². The fraction of sp³-hybridized carbons (Fsp3) is 0.500. The predicted molar refractivity (Wildman–Crippen MR) is 79.5 cm³/mol. The molecular formula is C14H19BrN2O2. The van der Waals surface area contributed by atoms with Crippen molar-refractivity contribution in [1.82, 2.24) is 4.90 Å². The molecule has 0 aliphatic carbocycles. The first-order valence-corrected chi connectivity index (χ1v) is 7.22. The van der Waals surface area contributed by atoms with Crippen LogP contribution in [0.3, 0.4) is 0 Å². The smallest absolute Gasteiger partial charge is 0.238 e. The molecule has 1 amide bonds. The van der Waals surface area contributed by atoms with E-state index in [4.69, 9.17) is 4.74 Å². The quantitative estimate of drug-likeness (QED) is 0.926. The van der Waals surface area contributed by atoms with Crippen molar-refractivity contribution in [2.24, 2.45) is 0 Å². The minimum absolute atomic E-state index is 0.0193. The van der Waals surface area contributed by atoms with Gasteiger partial charge < -0.3 is 10.1 Å². The third-order valence-electron chi connectivity index (χ3n) is 3.33. The van der Waals surface area contributed by atoms with Gasteiger partial charge in [-0.1, -0.05) is 0 Å². The highest BCUT2D eigenvalue weighted by Gasteiger charge is 2.15. The topological polar surface area (TPSA) is 41.6 Å². The number of ether oxygens (including phenoxy) is 1. The molecule has 0 aromatic heterocycles. The van der Waals surface area contributed by atoms with E-state index in [0.29, 0.717) is 19.8 Å². The second-order valence-corrected chi connectivity index (χ2v) is 5.71. The van der Waals surface area contributed by atoms with Crippen molar-refractivity contribution in [1.29, 1.82) is 0 Å². The summed E-state index contributed by atoms with van der Waals surface area (Å²) in [6, 6.07) is 4.02. The van der Waals surface area contributed by atoms with Gasteiger partial charge in [-0.05, 0) is 53.0 Å². The Bertz CT molecular complexity index is 471. The molecule has 1 aromatic carbocycles. The molecule has 0 atom stereocenters. The van der Waals surface area contributed by atoms with Crippen molar-refractivity contribution in [3.05, 3.63) is 27.7 Å². The molecule has 1 fully saturated rings. The minimum Gasteiger partial charge on any atom is -0.379 e. The van der Waals surface area contributed by atoms with Crippen LogP contribution in [0.4, 0.5) is 5.69 Å². The summed E-state index contributed by atoms with van der Waals surface area (Å²) in [6.07, 6.45) is 0. The fourth-order valence-corrected chi connectivity index (χ4v) is 2.59. The lowest BCUT2D eigenvalue weighted by atomic mass is 10.1. The summed E-state index contributed by atoms with van der Waals surface area (Å²) in [4.78, 5) is 14.1. The van der Waals surface area contributed by atoms with Gasteiger partial charge in [-0.3, -0.25) is 9.69 Å². The summed E-state index contributed by atoms with van der Waals surface area (Å²) in [5, 5.41) is 2.96. The monoisotopic (exact) mass is 326 g/mol. The summed E-state index contributed by atoms with van der Waals surface area (Å²) in [7, 11) is 0. The number of morpholine rings is 1. The zero-order chi connectivity index (χ0) is 13.8. The molecule has 1 saturated heterocycles. The van der Waals surface area contributed by atoms with Gasteiger partial charge in [-0.15, -0.1) is 0 Å². The molecule has 0 radical (unpaired) electrons. The summed E-state index contributed by atoms with van der Waals surface area (Å²) < 4.78 is 6.19. The van der Waals surface area contributed by atoms with Crippen molar-refractivity contribution in [2.75, 3.05) is 38.2 Å². The van der Waals surface area contributed by atoms with E-state index >= 15 is 0 Å². The first kappa shape index (κ1) is 14.5. The molecule has 0 unspecified atom stereocenters. The van der Waals surface area contributed by atoms with Crippen molar-refractivity contribution in [3.8, 4) is 0 Å². The number of hydrogen-bond donors (Lipinski definition) is 1. The molecule has 1 heterocycles. The summed E-state index contributed by atoms with van der Waals surface area (Å²) in [6.45, 7) is 7.58. The van der Waals surface area contributed by atoms with E-state index in [-0.39, 0.29) is 5.91 Å². The Morgan fingerprint density at radius 1 is 1.32 bits per heavy atom. The van der Waals surface area contributed by atoms with Crippen LogP contribution in [0.5, 0.6) is 0 Å². The van der Waals surface area contributed by atoms with Gasteiger partial charge in [0.2, 0.25) is 5.91 Å². The van der Waals surface area contributed by atoms with Gasteiger partial charge in [-0.25, -0.2) is 0 Å². The third-order valence-corrected chi connectivity index (χ3v) is 3.98. The second-order valence-electron chi connectivity index (χ2n) is 4.85. The maximum absolute atomic E-state index is 12.0. The molecule has 104 valence electrons. The lowest BCUT2D eigenvalue weighted by Crippen LogP contribution is -2.41. The fourth-order valence-electron chi connectivity index (χ4n) is 2.03. The van der Waals surface area contributed by atoms with E-state index in [0.717, 1.165) is 23.2 Å². The predicted octanol–water partition coefficient (Wildman–Crippen LogP) is 2.34. The zero-order valence-corrected chi connectivity index (χ0v) is 12.9. The molecule has 1 aliphatic rings. The van der Waals surface area contributed by atoms with Crippen LogP contribution in [-0.4, -0.2) is 43.7 Å². The molecule has 19 heavy (non-hydrogen) atoms. The van der Waals surface area contributed by atoms with E-state index in [1.165, 1.54) is 11.1 Å². The van der Waals surface area contributed by atoms with Gasteiger partial charge in [0.25, 0.3) is 0 Å². The van der Waals surface area contributed by atoms with Crippen LogP contribution in [0, 0.1) is 13.8 Å². The van der Waals surface area contributed by atoms with Crippen LogP contribution in [0.2, 0.25) is 0 Å². The van der Waals surface area contributed by atoms with Crippen molar-refractivity contribution < 1.29 is 9.53 Å². The molecule has 2 rings (SSSR count). The molecule has 1 N–H and O–H groups in total. The van der Waals surface area contributed by atoms with Gasteiger partial charge in [0.05, 0.1) is 25.4 Å². The first-order chi connectivity index (χ1) is 9.06. The largest absolute Gasteiger partial charge is 0.379 e. The number of carbonyl (C=O) groups excluding carboxylic acids is 1. The number of carbonyl (C=O) groups is 1. The van der Waals surface area contributed by atoms with Crippen LogP contribution >= 0.6 is 15.9 Å². The van der Waals surface area contributed by atoms with Gasteiger partial charge >= 0.3 is 0 Å². The highest BCUT2D eigenvalue weighted by Crippen LogP contribution is 2.26. The van der Waals surface area contributed by atoms with Crippen LogP contribution in [0.25, 0.3) is 0 Å². The molecule has 0 bridgehead atoms. The molecule has 4 nitrogen and oxygen atoms in total. The molecule has 0 spiro atoms. The van der Waals surface area contributed by atoms with Crippen LogP contribution in [0.1, 0.15) is 11.1 Å². The lowest BCUT2D eigenvalue weighted by Gasteiger charge is -2.25. The Balaban J connectivity index is 1.96. The third kappa shape index (κ3) is 4.03. The Morgan fingerprint density at radius 2 is 1.95 bits per heavy atom. The normalized spacial score (nSPS) is 16.4. The standard InChI is InChI=1S/C14H19BrN2O2/c1-10-7-12(15)13(8-11(10)2)16-14(18)9-17-3-5-19-6-4-17/h7-8H,3-6,9H2,1-2H3,(H,16,18). The van der Waals surface area contributed by atoms with E-state index < -0.39 is 0 Å². The van der Waals surface area contributed by atoms with Crippen LogP contribution < -0.4 is 5.32 Å². The van der Waals surface area contributed by atoms with Gasteiger partial charge in [-0.2, -0.15) is 0 Å². The molecule has 1 aliphatic heterocycles. The van der Waals surface area contributed by atoms with Gasteiger partial charge in [0.1, 0.15) is 0 Å². The highest BCUT2D eigenvalue weighted by molar-refractivity contribution is 9.10. The van der Waals surface area contributed by atoms with Crippen LogP contribution in [-0.2, 0) is 9.53 Å². The molecule has 5 heteroatoms. The number of rotatable bonds is 3. The molecule has 1 aromatic rings. The van der Waals surface area contributed by atoms with E-state index in [2.05, 4.69) is 33.1 Å². The van der Waals surface area contributed by atoms with Crippen molar-refractivity contribution in [3.63, 3.8) is 0 Å². The number of anilines is 1. The molecule has 0 saturated carbocycles. The SMILES string of the molecule is Cc1cc(Br)c(NC(=O)CN2CCOCC2)cc1C. The van der Waals surface area contributed by atoms with Crippen LogP contribution in [0.15, 0.2) is 16.6 Å². The zero-order valence-electron chi connectivity index (χ0n) is 11.3. The van der Waals surface area contributed by atoms with Crippen molar-refractivity contribution >= 4 is 27.5 Å². The Hall–Kier alpha value is -0.910. The van der Waals surface area contributed by atoms with Gasteiger partial charge in [0.15, 0.2) is 0 Å². The van der Waals surface area contributed by atoms with E-state index in [9.17, 15) is 4.79 Å². The number of aryl methyl sites for hydroxylation is 2. The highest BCUT2D eigenvalue weighted by atomic mass is 79.9. The van der Waals surface area contributed by atoms with Gasteiger partial charge in [0, 0.05) is 17.6 Å². The maximum atomic E-state index is 12.0. The Kier molecular flexibility index (Phi) is 4.96. The van der Waals surface area contributed by atoms with E-state index in [1.807, 2.05) is 19.1 Å².